The van der Waals surface area contributed by atoms with Crippen molar-refractivity contribution in [2.24, 2.45) is 0 Å². The van der Waals surface area contributed by atoms with Gasteiger partial charge in [-0.25, -0.2) is 4.73 Å². The van der Waals surface area contributed by atoms with Gasteiger partial charge < -0.3 is 15.2 Å². The van der Waals surface area contributed by atoms with Crippen LogP contribution in [-0.4, -0.2) is 55.7 Å². The number of rotatable bonds is 16. The summed E-state index contributed by atoms with van der Waals surface area (Å²) in [5.41, 5.74) is 0.461. The number of anilines is 1. The van der Waals surface area contributed by atoms with E-state index >= 15 is 0 Å². The Bertz CT molecular complexity index is 818. The summed E-state index contributed by atoms with van der Waals surface area (Å²) in [5, 5.41) is 31.0. The number of aromatic nitrogens is 3. The van der Waals surface area contributed by atoms with Crippen molar-refractivity contribution in [3.63, 3.8) is 0 Å². The van der Waals surface area contributed by atoms with Crippen molar-refractivity contribution in [2.45, 2.75) is 51.9 Å². The molecule has 0 fully saturated rings. The van der Waals surface area contributed by atoms with Gasteiger partial charge in [0.1, 0.15) is 5.78 Å². The highest BCUT2D eigenvalue weighted by molar-refractivity contribution is 5.80. The van der Waals surface area contributed by atoms with Gasteiger partial charge in [0.25, 0.3) is 5.52 Å². The summed E-state index contributed by atoms with van der Waals surface area (Å²) in [6.07, 6.45) is 6.94. The zero-order chi connectivity index (χ0) is 22.5. The van der Waals surface area contributed by atoms with E-state index < -0.39 is 0 Å². The fourth-order valence-electron chi connectivity index (χ4n) is 3.44. The molecule has 2 rings (SSSR count). The molecule has 0 aliphatic rings. The van der Waals surface area contributed by atoms with E-state index in [1.165, 1.54) is 25.7 Å². The number of Topliss-reactive ketones (excluding diaryl/α,β-unsaturated/α-hetero) is 1. The average molecular weight is 434 g/mol. The molecule has 0 bridgehead atoms. The van der Waals surface area contributed by atoms with Gasteiger partial charge in [-0.15, -0.1) is 0 Å². The maximum Gasteiger partial charge on any atom is 0.460 e. The van der Waals surface area contributed by atoms with Gasteiger partial charge in [0.15, 0.2) is 5.52 Å². The largest absolute Gasteiger partial charge is 0.739 e. The second-order valence-electron chi connectivity index (χ2n) is 7.73. The third-order valence-electron chi connectivity index (χ3n) is 5.19. The third-order valence-corrected chi connectivity index (χ3v) is 5.19. The predicted molar refractivity (Wildman–Crippen MR) is 119 cm³/mol. The highest BCUT2D eigenvalue weighted by atomic mass is 16.5. The van der Waals surface area contributed by atoms with Crippen LogP contribution in [0.1, 0.15) is 51.9 Å². The van der Waals surface area contributed by atoms with Crippen LogP contribution in [0.2, 0.25) is 0 Å². The summed E-state index contributed by atoms with van der Waals surface area (Å²) in [7, 11) is 1.67. The van der Waals surface area contributed by atoms with Crippen LogP contribution in [0.15, 0.2) is 24.3 Å². The fourth-order valence-corrected chi connectivity index (χ4v) is 3.44. The quantitative estimate of drug-likeness (QED) is 0.245. The fraction of sp³-hybridized carbons (Fsp3) is 0.636. The molecule has 0 radical (unpaired) electrons. The van der Waals surface area contributed by atoms with Gasteiger partial charge in [-0.3, -0.25) is 15.0 Å². The maximum atomic E-state index is 12.4. The maximum absolute atomic E-state index is 12.4. The molecule has 0 unspecified atom stereocenters. The van der Waals surface area contributed by atoms with Crippen LogP contribution in [-0.2, 0) is 9.53 Å². The highest BCUT2D eigenvalue weighted by Gasteiger charge is 2.19. The van der Waals surface area contributed by atoms with E-state index in [-0.39, 0.29) is 22.8 Å². The summed E-state index contributed by atoms with van der Waals surface area (Å²) in [4.78, 5) is 15.0. The van der Waals surface area contributed by atoms with E-state index in [4.69, 9.17) is 4.74 Å². The van der Waals surface area contributed by atoms with E-state index in [0.717, 1.165) is 19.5 Å². The number of unbranched alkanes of at least 4 members (excludes halogenated alkanes) is 4. The molecule has 1 aromatic carbocycles. The van der Waals surface area contributed by atoms with Gasteiger partial charge in [-0.1, -0.05) is 44.7 Å². The Morgan fingerprint density at radius 3 is 2.58 bits per heavy atom. The monoisotopic (exact) mass is 433 g/mol. The molecule has 9 heteroatoms. The second-order valence-corrected chi connectivity index (χ2v) is 7.73. The number of para-hydroxylation sites is 2. The first-order valence-corrected chi connectivity index (χ1v) is 11.2. The lowest BCUT2D eigenvalue weighted by Gasteiger charge is -2.21. The Kier molecular flexibility index (Phi) is 10.9. The molecule has 0 spiro atoms. The van der Waals surface area contributed by atoms with Crippen molar-refractivity contribution >= 4 is 22.8 Å². The number of nitrogens with zero attached hydrogens (tertiary/aromatic N) is 4. The molecular weight excluding hydrogens is 398 g/mol. The molecule has 31 heavy (non-hydrogen) atoms. The minimum atomic E-state index is -0.0602. The molecule has 0 saturated heterocycles. The SMILES string of the molecule is CCCCCCCN(CCOC)CC(=O)CCCNc1n[n+]([O-])c2ccccc2[n+]1[O-]. The van der Waals surface area contributed by atoms with Crippen molar-refractivity contribution in [3.05, 3.63) is 34.7 Å². The number of carbonyl (C=O) groups excluding carboxylic acids is 1. The van der Waals surface area contributed by atoms with E-state index in [1.807, 2.05) is 0 Å². The van der Waals surface area contributed by atoms with E-state index in [0.29, 0.717) is 42.1 Å². The minimum Gasteiger partial charge on any atom is -0.739 e. The number of nitrogens with one attached hydrogen (secondary N) is 1. The topological polar surface area (TPSA) is 108 Å². The molecule has 1 aromatic heterocycles. The summed E-state index contributed by atoms with van der Waals surface area (Å²) < 4.78 is 5.78. The van der Waals surface area contributed by atoms with Gasteiger partial charge >= 0.3 is 5.95 Å². The summed E-state index contributed by atoms with van der Waals surface area (Å²) in [5.74, 6) is 0.0989. The first-order valence-electron chi connectivity index (χ1n) is 11.2. The first kappa shape index (κ1) is 24.7. The molecule has 172 valence electrons. The summed E-state index contributed by atoms with van der Waals surface area (Å²) in [6.45, 7) is 5.24. The van der Waals surface area contributed by atoms with Crippen LogP contribution in [0.4, 0.5) is 5.95 Å². The predicted octanol–water partition coefficient (Wildman–Crippen LogP) is 2.18. The normalized spacial score (nSPS) is 11.3. The van der Waals surface area contributed by atoms with Crippen molar-refractivity contribution in [3.8, 4) is 0 Å². The van der Waals surface area contributed by atoms with E-state index in [2.05, 4.69) is 22.2 Å². The molecule has 1 heterocycles. The van der Waals surface area contributed by atoms with Gasteiger partial charge in [0.05, 0.1) is 19.7 Å². The Morgan fingerprint density at radius 1 is 1.10 bits per heavy atom. The number of hydrogen-bond acceptors (Lipinski definition) is 7. The van der Waals surface area contributed by atoms with Crippen molar-refractivity contribution < 1.29 is 19.1 Å². The zero-order valence-electron chi connectivity index (χ0n) is 18.7. The van der Waals surface area contributed by atoms with Crippen LogP contribution in [0.25, 0.3) is 11.0 Å². The van der Waals surface area contributed by atoms with Crippen molar-refractivity contribution in [2.75, 3.05) is 45.2 Å². The number of hydrogen-bond donors (Lipinski definition) is 1. The lowest BCUT2D eigenvalue weighted by molar-refractivity contribution is -0.672. The number of fused-ring (bicyclic) bond motifs is 1. The second kappa shape index (κ2) is 13.7. The van der Waals surface area contributed by atoms with Crippen molar-refractivity contribution in [1.82, 2.24) is 10.00 Å². The van der Waals surface area contributed by atoms with Gasteiger partial charge in [0.2, 0.25) is 5.10 Å². The van der Waals surface area contributed by atoms with Crippen LogP contribution < -0.4 is 14.9 Å². The number of ketones is 1. The molecule has 0 amide bonds. The van der Waals surface area contributed by atoms with Crippen LogP contribution in [0.3, 0.4) is 0 Å². The molecule has 0 aliphatic carbocycles. The van der Waals surface area contributed by atoms with Crippen molar-refractivity contribution in [1.29, 1.82) is 0 Å². The molecule has 0 aliphatic heterocycles. The molecule has 0 saturated carbocycles. The molecule has 0 atom stereocenters. The standard InChI is InChI=1S/C22H35N5O4/c1-3-4-5-6-9-15-25(16-17-31-2)18-19(28)11-10-14-23-22-24-27(30)21-13-8-7-12-20(21)26(22)29/h7-8,12-13H,3-6,9-11,14-18H2,1-2H3,(H,23,24). The first-order chi connectivity index (χ1) is 15.1. The highest BCUT2D eigenvalue weighted by Crippen LogP contribution is 2.07. The molecule has 9 nitrogen and oxygen atoms in total. The summed E-state index contributed by atoms with van der Waals surface area (Å²) >= 11 is 0. The number of carbonyl (C=O) groups is 1. The smallest absolute Gasteiger partial charge is 0.460 e. The summed E-state index contributed by atoms with van der Waals surface area (Å²) in [6, 6.07) is 6.49. The number of methoxy groups -OCH3 is 1. The Hall–Kier alpha value is -2.52. The van der Waals surface area contributed by atoms with Gasteiger partial charge in [-0.05, 0) is 25.5 Å². The third kappa shape index (κ3) is 8.26. The Morgan fingerprint density at radius 2 is 1.84 bits per heavy atom. The molecule has 1 N–H and O–H groups in total. The van der Waals surface area contributed by atoms with Crippen LogP contribution in [0, 0.1) is 10.4 Å². The Labute approximate surface area is 184 Å². The lowest BCUT2D eigenvalue weighted by atomic mass is 10.1. The van der Waals surface area contributed by atoms with Crippen LogP contribution in [0.5, 0.6) is 0 Å². The van der Waals surface area contributed by atoms with Crippen LogP contribution >= 0.6 is 0 Å². The number of benzene rings is 1. The van der Waals surface area contributed by atoms with E-state index in [1.54, 1.807) is 31.4 Å². The molecular formula is C22H35N5O4. The zero-order valence-corrected chi connectivity index (χ0v) is 18.7. The lowest BCUT2D eigenvalue weighted by Crippen LogP contribution is -2.44. The molecule has 2 aromatic rings. The van der Waals surface area contributed by atoms with Gasteiger partial charge in [-0.2, -0.15) is 0 Å². The average Bonchev–Trinajstić information content (AvgIpc) is 2.77. The Balaban J connectivity index is 1.77. The number of ether oxygens (including phenoxy) is 1. The van der Waals surface area contributed by atoms with E-state index in [9.17, 15) is 15.2 Å². The minimum absolute atomic E-state index is 0.0602. The van der Waals surface area contributed by atoms with Gasteiger partial charge in [0, 0.05) is 31.0 Å².